The molecule has 0 heterocycles. The van der Waals surface area contributed by atoms with E-state index in [2.05, 4.69) is 26.8 Å². The Hall–Kier alpha value is -0.510. The lowest BCUT2D eigenvalue weighted by atomic mass is 9.96. The van der Waals surface area contributed by atoms with Crippen LogP contribution in [0.3, 0.4) is 0 Å². The molecule has 1 heteroatoms. The molecule has 2 fully saturated rings. The van der Waals surface area contributed by atoms with Crippen LogP contribution < -0.4 is 0 Å². The topological polar surface area (TPSA) is 23.8 Å². The summed E-state index contributed by atoms with van der Waals surface area (Å²) in [4.78, 5) is 0. The van der Waals surface area contributed by atoms with E-state index in [-0.39, 0.29) is 0 Å². The maximum atomic E-state index is 8.78. The zero-order chi connectivity index (χ0) is 9.69. The molecule has 2 saturated carbocycles. The van der Waals surface area contributed by atoms with Crippen LogP contribution in [0.5, 0.6) is 0 Å². The molecule has 3 atom stereocenters. The molecular formula is C12H19N. The van der Waals surface area contributed by atoms with Crippen molar-refractivity contribution in [3.63, 3.8) is 0 Å². The van der Waals surface area contributed by atoms with E-state index in [1.165, 1.54) is 19.3 Å². The molecule has 2 aliphatic carbocycles. The Labute approximate surface area is 81.1 Å². The van der Waals surface area contributed by atoms with Gasteiger partial charge in [-0.2, -0.15) is 5.26 Å². The van der Waals surface area contributed by atoms with Gasteiger partial charge in [0, 0.05) is 0 Å². The molecule has 2 rings (SSSR count). The third-order valence-electron chi connectivity index (χ3n) is 4.29. The second-order valence-electron chi connectivity index (χ2n) is 5.97. The first-order valence-electron chi connectivity index (χ1n) is 5.38. The Balaban J connectivity index is 1.74. The first kappa shape index (κ1) is 9.06. The molecular weight excluding hydrogens is 158 g/mol. The van der Waals surface area contributed by atoms with Crippen molar-refractivity contribution in [3.8, 4) is 6.07 Å². The molecule has 0 amide bonds. The molecule has 0 aromatic heterocycles. The lowest BCUT2D eigenvalue weighted by molar-refractivity contribution is 0.422. The minimum atomic E-state index is 0.370. The Kier molecular flexibility index (Phi) is 1.74. The van der Waals surface area contributed by atoms with Gasteiger partial charge in [-0.05, 0) is 42.4 Å². The third-order valence-corrected chi connectivity index (χ3v) is 4.29. The quantitative estimate of drug-likeness (QED) is 0.648. The predicted octanol–water partition coefficient (Wildman–Crippen LogP) is 3.36. The van der Waals surface area contributed by atoms with Crippen LogP contribution in [0.25, 0.3) is 0 Å². The van der Waals surface area contributed by atoms with Crippen molar-refractivity contribution < 1.29 is 0 Å². The van der Waals surface area contributed by atoms with E-state index in [0.29, 0.717) is 16.7 Å². The molecule has 0 radical (unpaired) electrons. The summed E-state index contributed by atoms with van der Waals surface area (Å²) in [6, 6.07) is 2.39. The van der Waals surface area contributed by atoms with E-state index in [4.69, 9.17) is 5.26 Å². The molecule has 2 aliphatic rings. The van der Waals surface area contributed by atoms with Gasteiger partial charge >= 0.3 is 0 Å². The Bertz CT molecular complexity index is 261. The molecule has 1 unspecified atom stereocenters. The molecule has 0 aromatic carbocycles. The fourth-order valence-electron chi connectivity index (χ4n) is 2.46. The fourth-order valence-corrected chi connectivity index (χ4v) is 2.46. The lowest BCUT2D eigenvalue weighted by Crippen LogP contribution is -1.99. The average Bonchev–Trinajstić information content (AvgIpc) is 2.87. The average molecular weight is 177 g/mol. The van der Waals surface area contributed by atoms with Crippen LogP contribution in [-0.2, 0) is 0 Å². The van der Waals surface area contributed by atoms with E-state index in [0.717, 1.165) is 12.3 Å². The van der Waals surface area contributed by atoms with Crippen LogP contribution in [0.2, 0.25) is 0 Å². The van der Waals surface area contributed by atoms with Gasteiger partial charge < -0.3 is 0 Å². The van der Waals surface area contributed by atoms with Gasteiger partial charge in [-0.1, -0.05) is 20.8 Å². The van der Waals surface area contributed by atoms with E-state index >= 15 is 0 Å². The summed E-state index contributed by atoms with van der Waals surface area (Å²) >= 11 is 0. The molecule has 13 heavy (non-hydrogen) atoms. The van der Waals surface area contributed by atoms with Crippen molar-refractivity contribution in [1.82, 2.24) is 0 Å². The van der Waals surface area contributed by atoms with Gasteiger partial charge in [-0.15, -0.1) is 0 Å². The first-order chi connectivity index (χ1) is 5.98. The van der Waals surface area contributed by atoms with Crippen LogP contribution in [0, 0.1) is 34.0 Å². The van der Waals surface area contributed by atoms with Crippen LogP contribution in [0.1, 0.15) is 46.5 Å². The molecule has 1 nitrogen and oxygen atoms in total. The summed E-state index contributed by atoms with van der Waals surface area (Å²) in [5.74, 6) is 1.32. The number of hydrogen-bond donors (Lipinski definition) is 0. The Morgan fingerprint density at radius 1 is 1.31 bits per heavy atom. The minimum Gasteiger partial charge on any atom is -0.198 e. The lowest BCUT2D eigenvalue weighted by Gasteiger charge is -2.09. The molecule has 0 aromatic rings. The van der Waals surface area contributed by atoms with Crippen molar-refractivity contribution in [2.24, 2.45) is 22.7 Å². The maximum absolute atomic E-state index is 8.78. The monoisotopic (exact) mass is 177 g/mol. The second kappa shape index (κ2) is 2.50. The Morgan fingerprint density at radius 2 is 1.92 bits per heavy atom. The van der Waals surface area contributed by atoms with Gasteiger partial charge in [0.2, 0.25) is 0 Å². The SMILES string of the molecule is CC1(C)CC1CC[C@@]1(C)C[C@@H]1C#N. The van der Waals surface area contributed by atoms with E-state index < -0.39 is 0 Å². The highest BCUT2D eigenvalue weighted by molar-refractivity contribution is 5.10. The Morgan fingerprint density at radius 3 is 2.31 bits per heavy atom. The standard InChI is InChI=1S/C12H19N/c1-11(2)6-9(11)4-5-12(3)7-10(12)8-13/h9-10H,4-7H2,1-3H3/t9?,10-,12+/m1/s1. The molecule has 0 saturated heterocycles. The van der Waals surface area contributed by atoms with E-state index in [1.54, 1.807) is 0 Å². The van der Waals surface area contributed by atoms with E-state index in [9.17, 15) is 0 Å². The summed E-state index contributed by atoms with van der Waals surface area (Å²) in [6.45, 7) is 6.99. The van der Waals surface area contributed by atoms with Crippen molar-refractivity contribution in [2.45, 2.75) is 46.5 Å². The van der Waals surface area contributed by atoms with Gasteiger partial charge in [0.25, 0.3) is 0 Å². The first-order valence-corrected chi connectivity index (χ1v) is 5.38. The summed E-state index contributed by atoms with van der Waals surface area (Å²) in [5, 5.41) is 8.78. The minimum absolute atomic E-state index is 0.370. The molecule has 0 bridgehead atoms. The summed E-state index contributed by atoms with van der Waals surface area (Å²) in [7, 11) is 0. The second-order valence-corrected chi connectivity index (χ2v) is 5.97. The van der Waals surface area contributed by atoms with Crippen molar-refractivity contribution >= 4 is 0 Å². The van der Waals surface area contributed by atoms with Crippen LogP contribution >= 0.6 is 0 Å². The summed E-state index contributed by atoms with van der Waals surface area (Å²) < 4.78 is 0. The predicted molar refractivity (Wildman–Crippen MR) is 52.9 cm³/mol. The zero-order valence-electron chi connectivity index (χ0n) is 8.93. The number of rotatable bonds is 3. The van der Waals surface area contributed by atoms with E-state index in [1.807, 2.05) is 0 Å². The molecule has 0 N–H and O–H groups in total. The maximum Gasteiger partial charge on any atom is 0.0661 e. The summed E-state index contributed by atoms with van der Waals surface area (Å²) in [5.41, 5.74) is 1.01. The van der Waals surface area contributed by atoms with Crippen molar-refractivity contribution in [1.29, 1.82) is 5.26 Å². The number of hydrogen-bond acceptors (Lipinski definition) is 1. The van der Waals surface area contributed by atoms with Gasteiger partial charge in [-0.25, -0.2) is 0 Å². The van der Waals surface area contributed by atoms with Gasteiger partial charge in [-0.3, -0.25) is 0 Å². The fraction of sp³-hybridized carbons (Fsp3) is 0.917. The highest BCUT2D eigenvalue weighted by Crippen LogP contribution is 2.60. The molecule has 72 valence electrons. The van der Waals surface area contributed by atoms with Crippen molar-refractivity contribution in [2.75, 3.05) is 0 Å². The van der Waals surface area contributed by atoms with Crippen LogP contribution in [0.15, 0.2) is 0 Å². The smallest absolute Gasteiger partial charge is 0.0661 e. The number of nitrogens with zero attached hydrogens (tertiary/aromatic N) is 1. The summed E-state index contributed by atoms with van der Waals surface area (Å²) in [6.07, 6.45) is 5.18. The number of nitriles is 1. The van der Waals surface area contributed by atoms with Gasteiger partial charge in [0.15, 0.2) is 0 Å². The normalized spacial score (nSPS) is 45.4. The van der Waals surface area contributed by atoms with Gasteiger partial charge in [0.05, 0.1) is 12.0 Å². The third kappa shape index (κ3) is 1.59. The molecule has 0 spiro atoms. The zero-order valence-corrected chi connectivity index (χ0v) is 8.93. The largest absolute Gasteiger partial charge is 0.198 e. The highest BCUT2D eigenvalue weighted by Gasteiger charge is 2.52. The molecule has 0 aliphatic heterocycles. The van der Waals surface area contributed by atoms with Crippen LogP contribution in [-0.4, -0.2) is 0 Å². The highest BCUT2D eigenvalue weighted by atomic mass is 14.6. The van der Waals surface area contributed by atoms with Gasteiger partial charge in [0.1, 0.15) is 0 Å². The van der Waals surface area contributed by atoms with Crippen LogP contribution in [0.4, 0.5) is 0 Å². The van der Waals surface area contributed by atoms with Crippen molar-refractivity contribution in [3.05, 3.63) is 0 Å².